The molecule has 3 rings (SSSR count). The van der Waals surface area contributed by atoms with Crippen LogP contribution in [-0.4, -0.2) is 22.9 Å². The van der Waals surface area contributed by atoms with Crippen molar-refractivity contribution in [3.05, 3.63) is 35.9 Å². The van der Waals surface area contributed by atoms with Gasteiger partial charge in [0, 0.05) is 6.04 Å². The van der Waals surface area contributed by atoms with Crippen molar-refractivity contribution in [2.75, 3.05) is 0 Å². The molecule has 2 fully saturated rings. The van der Waals surface area contributed by atoms with Gasteiger partial charge in [-0.15, -0.1) is 0 Å². The van der Waals surface area contributed by atoms with Gasteiger partial charge in [0.15, 0.2) is 0 Å². The molecule has 1 saturated heterocycles. The summed E-state index contributed by atoms with van der Waals surface area (Å²) < 4.78 is 0. The number of carbonyl (C=O) groups is 1. The second kappa shape index (κ2) is 3.07. The van der Waals surface area contributed by atoms with Crippen LogP contribution in [0.3, 0.4) is 0 Å². The van der Waals surface area contributed by atoms with Crippen LogP contribution in [0.5, 0.6) is 0 Å². The van der Waals surface area contributed by atoms with Crippen LogP contribution in [0.1, 0.15) is 24.4 Å². The van der Waals surface area contributed by atoms with Crippen LogP contribution in [0.15, 0.2) is 30.3 Å². The average molecular weight is 202 g/mol. The van der Waals surface area contributed by atoms with E-state index in [0.29, 0.717) is 6.04 Å². The van der Waals surface area contributed by atoms with Crippen LogP contribution in [0.2, 0.25) is 0 Å². The summed E-state index contributed by atoms with van der Waals surface area (Å²) in [4.78, 5) is 13.6. The van der Waals surface area contributed by atoms with E-state index in [1.165, 1.54) is 0 Å². The Morgan fingerprint density at radius 1 is 1.20 bits per heavy atom. The predicted molar refractivity (Wildman–Crippen MR) is 57.0 cm³/mol. The summed E-state index contributed by atoms with van der Waals surface area (Å²) in [6.07, 6.45) is 2.28. The van der Waals surface area contributed by atoms with E-state index in [2.05, 4.69) is 0 Å². The lowest BCUT2D eigenvalue weighted by Crippen LogP contribution is -2.63. The van der Waals surface area contributed by atoms with Gasteiger partial charge in [-0.25, -0.2) is 0 Å². The number of amides is 1. The molecule has 1 saturated carbocycles. The molecule has 78 valence electrons. The van der Waals surface area contributed by atoms with Gasteiger partial charge in [-0.3, -0.25) is 4.79 Å². The van der Waals surface area contributed by atoms with Crippen LogP contribution in [0, 0.1) is 0 Å². The summed E-state index contributed by atoms with van der Waals surface area (Å²) in [5, 5.41) is 0. The Balaban J connectivity index is 1.88. The Bertz CT molecular complexity index is 386. The van der Waals surface area contributed by atoms with Gasteiger partial charge in [0.05, 0.1) is 6.04 Å². The van der Waals surface area contributed by atoms with Crippen LogP contribution in [0.4, 0.5) is 0 Å². The van der Waals surface area contributed by atoms with Gasteiger partial charge in [0.2, 0.25) is 5.91 Å². The van der Waals surface area contributed by atoms with Crippen LogP contribution in [-0.2, 0) is 4.79 Å². The first-order valence-corrected chi connectivity index (χ1v) is 5.42. The zero-order chi connectivity index (χ0) is 10.4. The summed E-state index contributed by atoms with van der Waals surface area (Å²) in [5.41, 5.74) is 7.03. The highest BCUT2D eigenvalue weighted by Crippen LogP contribution is 2.42. The highest BCUT2D eigenvalue weighted by Gasteiger charge is 2.51. The summed E-state index contributed by atoms with van der Waals surface area (Å²) in [6.45, 7) is 0. The topological polar surface area (TPSA) is 46.3 Å². The molecule has 2 atom stereocenters. The molecule has 0 unspecified atom stereocenters. The van der Waals surface area contributed by atoms with E-state index in [9.17, 15) is 4.79 Å². The van der Waals surface area contributed by atoms with Crippen molar-refractivity contribution < 1.29 is 4.79 Å². The quantitative estimate of drug-likeness (QED) is 0.729. The number of benzene rings is 1. The minimum Gasteiger partial charge on any atom is -0.329 e. The minimum atomic E-state index is -0.326. The van der Waals surface area contributed by atoms with Crippen molar-refractivity contribution in [2.45, 2.75) is 31.0 Å². The SMILES string of the molecule is N[C@@H]1C(=O)N(C2CC2)[C@@H]1c1ccccc1. The molecule has 1 aliphatic carbocycles. The standard InChI is InChI=1S/C12H14N2O/c13-10-11(8-4-2-1-3-5-8)14(12(10)15)9-6-7-9/h1-5,9-11H,6-7,13H2/t10-,11+/m0/s1. The molecule has 3 heteroatoms. The fourth-order valence-electron chi connectivity index (χ4n) is 2.31. The number of carbonyl (C=O) groups excluding carboxylic acids is 1. The Morgan fingerprint density at radius 3 is 2.47 bits per heavy atom. The smallest absolute Gasteiger partial charge is 0.242 e. The van der Waals surface area contributed by atoms with E-state index in [0.717, 1.165) is 18.4 Å². The summed E-state index contributed by atoms with van der Waals surface area (Å²) >= 11 is 0. The Morgan fingerprint density at radius 2 is 1.87 bits per heavy atom. The third-order valence-electron chi connectivity index (χ3n) is 3.26. The van der Waals surface area contributed by atoms with Crippen molar-refractivity contribution in [1.29, 1.82) is 0 Å². The normalized spacial score (nSPS) is 30.2. The molecule has 1 amide bonds. The van der Waals surface area contributed by atoms with Gasteiger partial charge < -0.3 is 10.6 Å². The summed E-state index contributed by atoms with van der Waals surface area (Å²) in [7, 11) is 0. The second-order valence-electron chi connectivity index (χ2n) is 4.36. The van der Waals surface area contributed by atoms with Gasteiger partial charge in [-0.1, -0.05) is 30.3 Å². The molecule has 1 aliphatic heterocycles. The fraction of sp³-hybridized carbons (Fsp3) is 0.417. The number of likely N-dealkylation sites (tertiary alicyclic amines) is 1. The lowest BCUT2D eigenvalue weighted by molar-refractivity contribution is -0.150. The van der Waals surface area contributed by atoms with Crippen molar-refractivity contribution in [3.63, 3.8) is 0 Å². The first kappa shape index (κ1) is 8.92. The van der Waals surface area contributed by atoms with Crippen LogP contribution >= 0.6 is 0 Å². The van der Waals surface area contributed by atoms with Crippen LogP contribution in [0.25, 0.3) is 0 Å². The monoisotopic (exact) mass is 202 g/mol. The third-order valence-corrected chi connectivity index (χ3v) is 3.26. The van der Waals surface area contributed by atoms with E-state index in [1.54, 1.807) is 0 Å². The van der Waals surface area contributed by atoms with Gasteiger partial charge in [-0.2, -0.15) is 0 Å². The molecule has 0 spiro atoms. The molecule has 0 radical (unpaired) electrons. The molecule has 1 aromatic rings. The number of hydrogen-bond acceptors (Lipinski definition) is 2. The summed E-state index contributed by atoms with van der Waals surface area (Å²) in [6, 6.07) is 10.3. The zero-order valence-electron chi connectivity index (χ0n) is 8.47. The first-order chi connectivity index (χ1) is 7.29. The third kappa shape index (κ3) is 1.27. The van der Waals surface area contributed by atoms with Gasteiger partial charge >= 0.3 is 0 Å². The highest BCUT2D eigenvalue weighted by atomic mass is 16.2. The molecule has 0 bridgehead atoms. The molecule has 1 heterocycles. The molecule has 3 nitrogen and oxygen atoms in total. The molecular weight excluding hydrogens is 188 g/mol. The average Bonchev–Trinajstić information content (AvgIpc) is 3.09. The number of β-lactam (4-membered cyclic amide) rings is 1. The molecule has 1 aromatic carbocycles. The minimum absolute atomic E-state index is 0.117. The van der Waals surface area contributed by atoms with Gasteiger partial charge in [0.25, 0.3) is 0 Å². The predicted octanol–water partition coefficient (Wildman–Crippen LogP) is 1.06. The molecular formula is C12H14N2O. The van der Waals surface area contributed by atoms with E-state index in [1.807, 2.05) is 35.2 Å². The zero-order valence-corrected chi connectivity index (χ0v) is 8.47. The Hall–Kier alpha value is -1.35. The molecule has 0 aromatic heterocycles. The van der Waals surface area contributed by atoms with Crippen molar-refractivity contribution in [3.8, 4) is 0 Å². The molecule has 2 N–H and O–H groups in total. The lowest BCUT2D eigenvalue weighted by Gasteiger charge is -2.46. The maximum Gasteiger partial charge on any atom is 0.242 e. The van der Waals surface area contributed by atoms with E-state index < -0.39 is 0 Å². The second-order valence-corrected chi connectivity index (χ2v) is 4.36. The largest absolute Gasteiger partial charge is 0.329 e. The number of nitrogens with zero attached hydrogens (tertiary/aromatic N) is 1. The summed E-state index contributed by atoms with van der Waals surface area (Å²) in [5.74, 6) is 0.117. The van der Waals surface area contributed by atoms with Crippen molar-refractivity contribution in [2.24, 2.45) is 5.73 Å². The Labute approximate surface area is 88.9 Å². The molecule has 15 heavy (non-hydrogen) atoms. The highest BCUT2D eigenvalue weighted by molar-refractivity contribution is 5.90. The Kier molecular flexibility index (Phi) is 1.83. The maximum atomic E-state index is 11.6. The van der Waals surface area contributed by atoms with E-state index in [-0.39, 0.29) is 18.0 Å². The molecule has 2 aliphatic rings. The van der Waals surface area contributed by atoms with Gasteiger partial charge in [-0.05, 0) is 18.4 Å². The number of rotatable bonds is 2. The van der Waals surface area contributed by atoms with Crippen LogP contribution < -0.4 is 5.73 Å². The van der Waals surface area contributed by atoms with Gasteiger partial charge in [0.1, 0.15) is 6.04 Å². The van der Waals surface area contributed by atoms with Crippen molar-refractivity contribution >= 4 is 5.91 Å². The van der Waals surface area contributed by atoms with E-state index >= 15 is 0 Å². The fourth-order valence-corrected chi connectivity index (χ4v) is 2.31. The number of hydrogen-bond donors (Lipinski definition) is 1. The first-order valence-electron chi connectivity index (χ1n) is 5.42. The lowest BCUT2D eigenvalue weighted by atomic mass is 9.89. The van der Waals surface area contributed by atoms with Crippen molar-refractivity contribution in [1.82, 2.24) is 4.90 Å². The maximum absolute atomic E-state index is 11.6. The number of nitrogens with two attached hydrogens (primary N) is 1. The van der Waals surface area contributed by atoms with E-state index in [4.69, 9.17) is 5.73 Å².